The van der Waals surface area contributed by atoms with Crippen molar-refractivity contribution in [1.29, 1.82) is 5.26 Å². The normalized spacial score (nSPS) is 18.6. The van der Waals surface area contributed by atoms with E-state index in [0.717, 1.165) is 18.7 Å². The van der Waals surface area contributed by atoms with Crippen LogP contribution in [0.2, 0.25) is 0 Å². The number of hydrogen-bond donors (Lipinski definition) is 0. The molecule has 0 saturated carbocycles. The average molecular weight is 344 g/mol. The second-order valence-electron chi connectivity index (χ2n) is 6.13. The molecule has 1 aliphatic heterocycles. The molecule has 1 fully saturated rings. The molecule has 1 aromatic carbocycles. The monoisotopic (exact) mass is 344 g/mol. The lowest BCUT2D eigenvalue weighted by atomic mass is 10.2. The van der Waals surface area contributed by atoms with Crippen molar-refractivity contribution >= 4 is 10.0 Å². The van der Waals surface area contributed by atoms with Crippen LogP contribution in [-0.4, -0.2) is 34.9 Å². The Morgan fingerprint density at radius 3 is 2.79 bits per heavy atom. The molecule has 1 atom stereocenters. The molecule has 7 heteroatoms. The molecule has 2 aromatic rings. The first-order valence-corrected chi connectivity index (χ1v) is 9.38. The molecular formula is C17H20N4O2S. The fourth-order valence-electron chi connectivity index (χ4n) is 3.27. The Morgan fingerprint density at radius 2 is 2.17 bits per heavy atom. The van der Waals surface area contributed by atoms with Crippen molar-refractivity contribution < 1.29 is 8.42 Å². The smallest absolute Gasteiger partial charge is 0.243 e. The van der Waals surface area contributed by atoms with Crippen LogP contribution >= 0.6 is 0 Å². The first-order valence-electron chi connectivity index (χ1n) is 7.94. The number of aryl methyl sites for hydroxylation is 2. The van der Waals surface area contributed by atoms with Gasteiger partial charge in [0, 0.05) is 31.5 Å². The molecule has 0 unspecified atom stereocenters. The van der Waals surface area contributed by atoms with E-state index in [2.05, 4.69) is 4.98 Å². The van der Waals surface area contributed by atoms with E-state index >= 15 is 0 Å². The van der Waals surface area contributed by atoms with Crippen molar-refractivity contribution in [2.75, 3.05) is 6.54 Å². The van der Waals surface area contributed by atoms with Crippen LogP contribution in [0.1, 0.15) is 29.8 Å². The number of hydrogen-bond acceptors (Lipinski definition) is 4. The third-order valence-electron chi connectivity index (χ3n) is 4.54. The van der Waals surface area contributed by atoms with Gasteiger partial charge in [0.2, 0.25) is 10.0 Å². The highest BCUT2D eigenvalue weighted by Crippen LogP contribution is 2.29. The topological polar surface area (TPSA) is 79.0 Å². The van der Waals surface area contributed by atoms with Gasteiger partial charge in [-0.2, -0.15) is 9.57 Å². The summed E-state index contributed by atoms with van der Waals surface area (Å²) < 4.78 is 29.8. The van der Waals surface area contributed by atoms with E-state index in [9.17, 15) is 8.42 Å². The van der Waals surface area contributed by atoms with Crippen LogP contribution in [0.15, 0.2) is 35.5 Å². The molecule has 0 aliphatic carbocycles. The SMILES string of the molecule is Cc1cc(C#N)ccc1S(=O)(=O)N1CCC[C@H]1Cn1ccnc1C. The predicted molar refractivity (Wildman–Crippen MR) is 89.8 cm³/mol. The number of sulfonamides is 1. The van der Waals surface area contributed by atoms with Gasteiger partial charge in [-0.05, 0) is 50.5 Å². The van der Waals surface area contributed by atoms with Crippen LogP contribution in [0.5, 0.6) is 0 Å². The molecule has 0 N–H and O–H groups in total. The van der Waals surface area contributed by atoms with Gasteiger partial charge in [0.1, 0.15) is 5.82 Å². The summed E-state index contributed by atoms with van der Waals surface area (Å²) in [5, 5.41) is 8.96. The number of benzene rings is 1. The molecule has 0 spiro atoms. The molecule has 6 nitrogen and oxygen atoms in total. The second-order valence-corrected chi connectivity index (χ2v) is 7.99. The zero-order chi connectivity index (χ0) is 17.3. The molecule has 1 aromatic heterocycles. The van der Waals surface area contributed by atoms with E-state index in [0.29, 0.717) is 24.2 Å². The summed E-state index contributed by atoms with van der Waals surface area (Å²) in [6, 6.07) is 6.70. The number of aromatic nitrogens is 2. The fraction of sp³-hybridized carbons (Fsp3) is 0.412. The number of nitriles is 1. The van der Waals surface area contributed by atoms with Crippen LogP contribution < -0.4 is 0 Å². The third-order valence-corrected chi connectivity index (χ3v) is 6.66. The first kappa shape index (κ1) is 16.7. The lowest BCUT2D eigenvalue weighted by Gasteiger charge is -2.25. The Balaban J connectivity index is 1.91. The van der Waals surface area contributed by atoms with Gasteiger partial charge in [-0.1, -0.05) is 0 Å². The van der Waals surface area contributed by atoms with Crippen LogP contribution in [0, 0.1) is 25.2 Å². The molecule has 126 valence electrons. The van der Waals surface area contributed by atoms with Crippen molar-refractivity contribution in [3.8, 4) is 6.07 Å². The van der Waals surface area contributed by atoms with E-state index < -0.39 is 10.0 Å². The maximum absolute atomic E-state index is 13.1. The standard InChI is InChI=1S/C17H20N4O2S/c1-13-10-15(11-18)5-6-17(13)24(22,23)21-8-3-4-16(21)12-20-9-7-19-14(20)2/h5-7,9-10,16H,3-4,8,12H2,1-2H3/t16-/m0/s1. The molecule has 2 heterocycles. The summed E-state index contributed by atoms with van der Waals surface area (Å²) in [5.74, 6) is 0.883. The minimum Gasteiger partial charge on any atom is -0.334 e. The summed E-state index contributed by atoms with van der Waals surface area (Å²) in [4.78, 5) is 4.49. The van der Waals surface area contributed by atoms with Crippen molar-refractivity contribution in [3.05, 3.63) is 47.5 Å². The highest BCUT2D eigenvalue weighted by molar-refractivity contribution is 7.89. The van der Waals surface area contributed by atoms with Crippen molar-refractivity contribution in [3.63, 3.8) is 0 Å². The zero-order valence-corrected chi connectivity index (χ0v) is 14.6. The third kappa shape index (κ3) is 2.95. The van der Waals surface area contributed by atoms with E-state index in [-0.39, 0.29) is 10.9 Å². The highest BCUT2D eigenvalue weighted by Gasteiger charge is 2.36. The largest absolute Gasteiger partial charge is 0.334 e. The minimum atomic E-state index is -3.57. The molecule has 24 heavy (non-hydrogen) atoms. The Kier molecular flexibility index (Phi) is 4.43. The molecule has 0 radical (unpaired) electrons. The van der Waals surface area contributed by atoms with E-state index in [1.165, 1.54) is 0 Å². The molecule has 1 saturated heterocycles. The average Bonchev–Trinajstić information content (AvgIpc) is 3.17. The quantitative estimate of drug-likeness (QED) is 0.852. The van der Waals surface area contributed by atoms with Gasteiger partial charge in [-0.25, -0.2) is 13.4 Å². The van der Waals surface area contributed by atoms with E-state index in [1.807, 2.05) is 23.8 Å². The minimum absolute atomic E-state index is 0.0713. The lowest BCUT2D eigenvalue weighted by molar-refractivity contribution is 0.350. The summed E-state index contributed by atoms with van der Waals surface area (Å²) >= 11 is 0. The molecule has 1 aliphatic rings. The van der Waals surface area contributed by atoms with Gasteiger partial charge < -0.3 is 4.57 Å². The number of imidazole rings is 1. The second kappa shape index (κ2) is 6.38. The predicted octanol–water partition coefficient (Wildman–Crippen LogP) is 2.22. The maximum atomic E-state index is 13.1. The maximum Gasteiger partial charge on any atom is 0.243 e. The Morgan fingerprint density at radius 1 is 1.38 bits per heavy atom. The van der Waals surface area contributed by atoms with Crippen molar-refractivity contribution in [1.82, 2.24) is 13.9 Å². The summed E-state index contributed by atoms with van der Waals surface area (Å²) in [5.41, 5.74) is 1.08. The van der Waals surface area contributed by atoms with Gasteiger partial charge in [0.15, 0.2) is 0 Å². The van der Waals surface area contributed by atoms with Gasteiger partial charge in [0.05, 0.1) is 16.5 Å². The van der Waals surface area contributed by atoms with E-state index in [1.54, 1.807) is 35.6 Å². The van der Waals surface area contributed by atoms with Crippen LogP contribution in [-0.2, 0) is 16.6 Å². The Bertz CT molecular complexity index is 896. The fourth-order valence-corrected chi connectivity index (χ4v) is 5.16. The van der Waals surface area contributed by atoms with Gasteiger partial charge in [-0.3, -0.25) is 0 Å². The van der Waals surface area contributed by atoms with Crippen LogP contribution in [0.25, 0.3) is 0 Å². The summed E-state index contributed by atoms with van der Waals surface area (Å²) in [6.45, 7) is 4.79. The van der Waals surface area contributed by atoms with Crippen molar-refractivity contribution in [2.45, 2.75) is 44.2 Å². The first-order chi connectivity index (χ1) is 11.4. The van der Waals surface area contributed by atoms with Gasteiger partial charge in [0.25, 0.3) is 0 Å². The van der Waals surface area contributed by atoms with Gasteiger partial charge >= 0.3 is 0 Å². The summed E-state index contributed by atoms with van der Waals surface area (Å²) in [7, 11) is -3.57. The van der Waals surface area contributed by atoms with Crippen molar-refractivity contribution in [2.24, 2.45) is 0 Å². The van der Waals surface area contributed by atoms with Gasteiger partial charge in [-0.15, -0.1) is 0 Å². The molecule has 0 amide bonds. The van der Waals surface area contributed by atoms with Crippen LogP contribution in [0.4, 0.5) is 0 Å². The Hall–Kier alpha value is -2.17. The summed E-state index contributed by atoms with van der Waals surface area (Å²) in [6.07, 6.45) is 5.30. The number of nitrogens with zero attached hydrogens (tertiary/aromatic N) is 4. The molecular weight excluding hydrogens is 324 g/mol. The van der Waals surface area contributed by atoms with Crippen LogP contribution in [0.3, 0.4) is 0 Å². The molecule has 0 bridgehead atoms. The molecule has 3 rings (SSSR count). The number of rotatable bonds is 4. The zero-order valence-electron chi connectivity index (χ0n) is 13.8. The lowest BCUT2D eigenvalue weighted by Crippen LogP contribution is -2.38. The van der Waals surface area contributed by atoms with E-state index in [4.69, 9.17) is 5.26 Å². The highest BCUT2D eigenvalue weighted by atomic mass is 32.2. The Labute approximate surface area is 142 Å².